The van der Waals surface area contributed by atoms with Crippen LogP contribution in [0.4, 0.5) is 4.39 Å². The summed E-state index contributed by atoms with van der Waals surface area (Å²) < 4.78 is 18.3. The third-order valence-corrected chi connectivity index (χ3v) is 4.89. The number of imide groups is 1. The number of nitrogens with zero attached hydrogens (tertiary/aromatic N) is 1. The van der Waals surface area contributed by atoms with E-state index in [9.17, 15) is 18.8 Å². The number of fused-ring (bicyclic) bond motifs is 1. The molecule has 2 aromatic carbocycles. The first-order valence-corrected chi connectivity index (χ1v) is 10.1. The summed E-state index contributed by atoms with van der Waals surface area (Å²) in [6.45, 7) is 3.11. The second-order valence-electron chi connectivity index (χ2n) is 7.27. The molecule has 1 aliphatic rings. The molecule has 6 nitrogen and oxygen atoms in total. The van der Waals surface area contributed by atoms with E-state index in [4.69, 9.17) is 4.74 Å². The first kappa shape index (κ1) is 21.5. The Kier molecular flexibility index (Phi) is 7.17. The van der Waals surface area contributed by atoms with E-state index < -0.39 is 0 Å². The molecule has 30 heavy (non-hydrogen) atoms. The minimum Gasteiger partial charge on any atom is -0.494 e. The van der Waals surface area contributed by atoms with Crippen LogP contribution in [0.5, 0.6) is 5.75 Å². The van der Waals surface area contributed by atoms with E-state index >= 15 is 0 Å². The van der Waals surface area contributed by atoms with Gasteiger partial charge >= 0.3 is 0 Å². The molecule has 7 heteroatoms. The van der Waals surface area contributed by atoms with Gasteiger partial charge in [-0.1, -0.05) is 11.6 Å². The van der Waals surface area contributed by atoms with Crippen molar-refractivity contribution in [2.24, 2.45) is 0 Å². The zero-order valence-electron chi connectivity index (χ0n) is 16.9. The van der Waals surface area contributed by atoms with Crippen molar-refractivity contribution < 1.29 is 23.5 Å². The second kappa shape index (κ2) is 10.0. The Morgan fingerprint density at radius 3 is 2.50 bits per heavy atom. The Morgan fingerprint density at radius 1 is 1.00 bits per heavy atom. The van der Waals surface area contributed by atoms with Crippen LogP contribution in [0.25, 0.3) is 0 Å². The number of amides is 3. The van der Waals surface area contributed by atoms with Crippen LogP contribution in [0, 0.1) is 12.7 Å². The van der Waals surface area contributed by atoms with Crippen molar-refractivity contribution in [1.82, 2.24) is 10.2 Å². The van der Waals surface area contributed by atoms with Crippen LogP contribution in [0.1, 0.15) is 52.0 Å². The third kappa shape index (κ3) is 5.43. The van der Waals surface area contributed by atoms with Gasteiger partial charge in [0.1, 0.15) is 11.6 Å². The molecule has 3 amide bonds. The van der Waals surface area contributed by atoms with Crippen LogP contribution < -0.4 is 10.1 Å². The van der Waals surface area contributed by atoms with Gasteiger partial charge in [-0.25, -0.2) is 4.39 Å². The largest absolute Gasteiger partial charge is 0.494 e. The van der Waals surface area contributed by atoms with Crippen LogP contribution in [0.15, 0.2) is 42.5 Å². The number of hydrogen-bond donors (Lipinski definition) is 1. The lowest BCUT2D eigenvalue weighted by molar-refractivity contribution is -0.121. The number of aryl methyl sites for hydroxylation is 1. The van der Waals surface area contributed by atoms with Crippen molar-refractivity contribution in [1.29, 1.82) is 0 Å². The summed E-state index contributed by atoms with van der Waals surface area (Å²) in [7, 11) is 0. The van der Waals surface area contributed by atoms with E-state index in [0.29, 0.717) is 36.4 Å². The van der Waals surface area contributed by atoms with Gasteiger partial charge in [-0.05, 0) is 62.6 Å². The average molecular weight is 412 g/mol. The van der Waals surface area contributed by atoms with Crippen molar-refractivity contribution in [3.05, 3.63) is 65.0 Å². The highest BCUT2D eigenvalue weighted by atomic mass is 19.1. The smallest absolute Gasteiger partial charge is 0.261 e. The highest BCUT2D eigenvalue weighted by molar-refractivity contribution is 6.21. The molecular formula is C23H25FN2O4. The summed E-state index contributed by atoms with van der Waals surface area (Å²) in [6.07, 6.45) is 2.18. The predicted molar refractivity (Wildman–Crippen MR) is 110 cm³/mol. The van der Waals surface area contributed by atoms with Crippen molar-refractivity contribution in [2.45, 2.75) is 32.6 Å². The molecule has 0 spiro atoms. The van der Waals surface area contributed by atoms with Crippen LogP contribution in [-0.4, -0.2) is 42.3 Å². The molecular weight excluding hydrogens is 387 g/mol. The minimum absolute atomic E-state index is 0.109. The van der Waals surface area contributed by atoms with E-state index in [0.717, 1.165) is 18.4 Å². The lowest BCUT2D eigenvalue weighted by Gasteiger charge is -2.13. The molecule has 2 aromatic rings. The third-order valence-electron chi connectivity index (χ3n) is 4.89. The quantitative estimate of drug-likeness (QED) is 0.479. The molecule has 3 rings (SSSR count). The van der Waals surface area contributed by atoms with Crippen LogP contribution >= 0.6 is 0 Å². The summed E-state index contributed by atoms with van der Waals surface area (Å²) in [4.78, 5) is 37.9. The van der Waals surface area contributed by atoms with Gasteiger partial charge in [0, 0.05) is 19.5 Å². The molecule has 0 atom stereocenters. The maximum atomic E-state index is 12.8. The Balaban J connectivity index is 1.29. The molecule has 1 N–H and O–H groups in total. The van der Waals surface area contributed by atoms with Gasteiger partial charge in [-0.15, -0.1) is 0 Å². The van der Waals surface area contributed by atoms with Gasteiger partial charge in [-0.2, -0.15) is 0 Å². The summed E-state index contributed by atoms with van der Waals surface area (Å²) in [6, 6.07) is 11.1. The number of hydrogen-bond acceptors (Lipinski definition) is 4. The van der Waals surface area contributed by atoms with Crippen LogP contribution in [-0.2, 0) is 4.79 Å². The predicted octanol–water partition coefficient (Wildman–Crippen LogP) is 3.49. The van der Waals surface area contributed by atoms with E-state index in [1.807, 2.05) is 13.0 Å². The fourth-order valence-corrected chi connectivity index (χ4v) is 3.27. The number of unbranched alkanes of at least 4 members (excludes halogenated alkanes) is 1. The highest BCUT2D eigenvalue weighted by Crippen LogP contribution is 2.24. The molecule has 0 bridgehead atoms. The number of halogens is 1. The zero-order chi connectivity index (χ0) is 21.5. The Bertz CT molecular complexity index is 927. The SMILES string of the molecule is Cc1ccc2c(c1)C(=O)N(CCCC(=O)NCCCCOc1ccc(F)cc1)C2=O. The van der Waals surface area contributed by atoms with E-state index in [-0.39, 0.29) is 36.5 Å². The van der Waals surface area contributed by atoms with Gasteiger partial charge in [0.2, 0.25) is 5.91 Å². The van der Waals surface area contributed by atoms with Crippen molar-refractivity contribution in [2.75, 3.05) is 19.7 Å². The van der Waals surface area contributed by atoms with Gasteiger partial charge in [0.05, 0.1) is 17.7 Å². The Morgan fingerprint density at radius 2 is 1.73 bits per heavy atom. The fourth-order valence-electron chi connectivity index (χ4n) is 3.27. The molecule has 1 heterocycles. The van der Waals surface area contributed by atoms with E-state index in [2.05, 4.69) is 5.32 Å². The molecule has 0 unspecified atom stereocenters. The number of rotatable bonds is 10. The van der Waals surface area contributed by atoms with E-state index in [1.54, 1.807) is 24.3 Å². The Hall–Kier alpha value is -3.22. The van der Waals surface area contributed by atoms with Gasteiger partial charge < -0.3 is 10.1 Å². The molecule has 158 valence electrons. The lowest BCUT2D eigenvalue weighted by atomic mass is 10.1. The summed E-state index contributed by atoms with van der Waals surface area (Å²) in [5.41, 5.74) is 1.80. The number of carbonyl (C=O) groups excluding carboxylic acids is 3. The molecule has 0 saturated carbocycles. The first-order chi connectivity index (χ1) is 14.5. The normalized spacial score (nSPS) is 12.8. The minimum atomic E-state index is -0.303. The molecule has 0 aromatic heterocycles. The summed E-state index contributed by atoms with van der Waals surface area (Å²) in [5.74, 6) is -0.384. The second-order valence-corrected chi connectivity index (χ2v) is 7.27. The van der Waals surface area contributed by atoms with Crippen molar-refractivity contribution >= 4 is 17.7 Å². The number of nitrogens with one attached hydrogen (secondary N) is 1. The maximum Gasteiger partial charge on any atom is 0.261 e. The first-order valence-electron chi connectivity index (χ1n) is 10.1. The van der Waals surface area contributed by atoms with Gasteiger partial charge in [0.15, 0.2) is 0 Å². The maximum absolute atomic E-state index is 12.8. The van der Waals surface area contributed by atoms with Gasteiger partial charge in [0.25, 0.3) is 11.8 Å². The van der Waals surface area contributed by atoms with Crippen LogP contribution in [0.3, 0.4) is 0 Å². The number of ether oxygens (including phenoxy) is 1. The highest BCUT2D eigenvalue weighted by Gasteiger charge is 2.34. The van der Waals surface area contributed by atoms with Crippen LogP contribution in [0.2, 0.25) is 0 Å². The topological polar surface area (TPSA) is 75.7 Å². The fraction of sp³-hybridized carbons (Fsp3) is 0.348. The average Bonchev–Trinajstić information content (AvgIpc) is 2.96. The standard InChI is InChI=1S/C23H25FN2O4/c1-16-6-11-19-20(15-16)23(29)26(22(19)28)13-4-5-21(27)25-12-2-3-14-30-18-9-7-17(24)8-10-18/h6-11,15H,2-5,12-14H2,1H3,(H,25,27). The zero-order valence-corrected chi connectivity index (χ0v) is 16.9. The van der Waals surface area contributed by atoms with Gasteiger partial charge in [-0.3, -0.25) is 19.3 Å². The molecule has 0 saturated heterocycles. The monoisotopic (exact) mass is 412 g/mol. The number of benzene rings is 2. The molecule has 0 fully saturated rings. The molecule has 1 aliphatic heterocycles. The molecule has 0 radical (unpaired) electrons. The summed E-state index contributed by atoms with van der Waals surface area (Å²) in [5, 5.41) is 2.83. The van der Waals surface area contributed by atoms with E-state index in [1.165, 1.54) is 17.0 Å². The molecule has 0 aliphatic carbocycles. The summed E-state index contributed by atoms with van der Waals surface area (Å²) >= 11 is 0. The Labute approximate surface area is 175 Å². The van der Waals surface area contributed by atoms with Crippen molar-refractivity contribution in [3.8, 4) is 5.75 Å². The van der Waals surface area contributed by atoms with Crippen molar-refractivity contribution in [3.63, 3.8) is 0 Å². The number of carbonyl (C=O) groups is 3. The lowest BCUT2D eigenvalue weighted by Crippen LogP contribution is -2.32.